The summed E-state index contributed by atoms with van der Waals surface area (Å²) in [5, 5.41) is 7.49. The summed E-state index contributed by atoms with van der Waals surface area (Å²) in [7, 11) is 0. The predicted molar refractivity (Wildman–Crippen MR) is 235 cm³/mol. The Morgan fingerprint density at radius 2 is 0.691 bits per heavy atom. The Kier molecular flexibility index (Phi) is 8.24. The minimum absolute atomic E-state index is 1.09. The molecule has 1 heteroatoms. The molecule has 0 bridgehead atoms. The molecule has 0 fully saturated rings. The largest absolute Gasteiger partial charge is 0.310 e. The van der Waals surface area contributed by atoms with Gasteiger partial charge in [0.1, 0.15) is 0 Å². The third kappa shape index (κ3) is 6.12. The average molecular weight is 700 g/mol. The SMILES string of the molecule is c1ccc(-c2ccc(N(c3ccc(-c4ccccc4)cc3)c3ccc(-c4cc5ccccc5c5ccccc45)c(-c4ccc5ccccc5c4)c3)cc2)cc1. The second-order valence-electron chi connectivity index (χ2n) is 14.1. The lowest BCUT2D eigenvalue weighted by Crippen LogP contribution is -2.10. The van der Waals surface area contributed by atoms with Crippen LogP contribution in [0.2, 0.25) is 0 Å². The third-order valence-electron chi connectivity index (χ3n) is 10.8. The lowest BCUT2D eigenvalue weighted by atomic mass is 9.88. The summed E-state index contributed by atoms with van der Waals surface area (Å²) in [5.41, 5.74) is 12.9. The van der Waals surface area contributed by atoms with Crippen molar-refractivity contribution in [2.45, 2.75) is 0 Å². The van der Waals surface area contributed by atoms with Crippen LogP contribution in [0.5, 0.6) is 0 Å². The second-order valence-corrected chi connectivity index (χ2v) is 14.1. The highest BCUT2D eigenvalue weighted by Crippen LogP contribution is 2.44. The number of hydrogen-bond acceptors (Lipinski definition) is 1. The van der Waals surface area contributed by atoms with Gasteiger partial charge in [0, 0.05) is 17.1 Å². The zero-order valence-electron chi connectivity index (χ0n) is 30.3. The van der Waals surface area contributed by atoms with Crippen molar-refractivity contribution in [1.29, 1.82) is 0 Å². The highest BCUT2D eigenvalue weighted by Gasteiger charge is 2.19. The Bertz CT molecular complexity index is 2860. The van der Waals surface area contributed by atoms with E-state index in [1.807, 2.05) is 0 Å². The van der Waals surface area contributed by atoms with Crippen LogP contribution in [0.15, 0.2) is 224 Å². The molecule has 0 saturated heterocycles. The number of hydrogen-bond donors (Lipinski definition) is 0. The van der Waals surface area contributed by atoms with Crippen LogP contribution in [0, 0.1) is 0 Å². The van der Waals surface area contributed by atoms with Crippen LogP contribution in [0.3, 0.4) is 0 Å². The van der Waals surface area contributed by atoms with Crippen molar-refractivity contribution in [1.82, 2.24) is 0 Å². The number of nitrogens with zero attached hydrogens (tertiary/aromatic N) is 1. The fourth-order valence-electron chi connectivity index (χ4n) is 8.09. The van der Waals surface area contributed by atoms with E-state index in [1.54, 1.807) is 0 Å². The van der Waals surface area contributed by atoms with Gasteiger partial charge in [0.05, 0.1) is 0 Å². The van der Waals surface area contributed by atoms with Gasteiger partial charge in [0.2, 0.25) is 0 Å². The summed E-state index contributed by atoms with van der Waals surface area (Å²) in [4.78, 5) is 2.39. The second kappa shape index (κ2) is 14.0. The first kappa shape index (κ1) is 32.4. The fraction of sp³-hybridized carbons (Fsp3) is 0. The molecule has 0 atom stereocenters. The molecular formula is C54H37N. The monoisotopic (exact) mass is 699 g/mol. The molecule has 258 valence electrons. The van der Waals surface area contributed by atoms with Gasteiger partial charge in [-0.1, -0.05) is 176 Å². The summed E-state index contributed by atoms with van der Waals surface area (Å²) < 4.78 is 0. The Hall–Kier alpha value is -7.22. The number of benzene rings is 10. The van der Waals surface area contributed by atoms with Crippen LogP contribution in [0.1, 0.15) is 0 Å². The first-order valence-corrected chi connectivity index (χ1v) is 18.9. The van der Waals surface area contributed by atoms with Gasteiger partial charge in [-0.3, -0.25) is 0 Å². The minimum Gasteiger partial charge on any atom is -0.310 e. The molecule has 0 saturated carbocycles. The van der Waals surface area contributed by atoms with Crippen LogP contribution < -0.4 is 4.90 Å². The summed E-state index contributed by atoms with van der Waals surface area (Å²) in [6.07, 6.45) is 0. The Morgan fingerprint density at radius 1 is 0.218 bits per heavy atom. The third-order valence-corrected chi connectivity index (χ3v) is 10.8. The molecule has 0 heterocycles. The molecule has 0 unspecified atom stereocenters. The van der Waals surface area contributed by atoms with E-state index in [1.165, 1.54) is 76.8 Å². The zero-order valence-corrected chi connectivity index (χ0v) is 30.3. The van der Waals surface area contributed by atoms with E-state index in [4.69, 9.17) is 0 Å². The van der Waals surface area contributed by atoms with E-state index >= 15 is 0 Å². The molecule has 0 N–H and O–H groups in total. The molecule has 55 heavy (non-hydrogen) atoms. The van der Waals surface area contributed by atoms with Crippen LogP contribution in [-0.2, 0) is 0 Å². The lowest BCUT2D eigenvalue weighted by molar-refractivity contribution is 1.28. The van der Waals surface area contributed by atoms with Gasteiger partial charge in [-0.05, 0) is 125 Å². The average Bonchev–Trinajstić information content (AvgIpc) is 3.27. The Balaban J connectivity index is 1.19. The predicted octanol–water partition coefficient (Wildman–Crippen LogP) is 15.3. The summed E-state index contributed by atoms with van der Waals surface area (Å²) in [6.45, 7) is 0. The molecule has 0 aliphatic heterocycles. The molecular weight excluding hydrogens is 663 g/mol. The lowest BCUT2D eigenvalue weighted by Gasteiger charge is -2.27. The van der Waals surface area contributed by atoms with Gasteiger partial charge >= 0.3 is 0 Å². The van der Waals surface area contributed by atoms with E-state index in [-0.39, 0.29) is 0 Å². The quantitative estimate of drug-likeness (QED) is 0.150. The first-order valence-electron chi connectivity index (χ1n) is 18.9. The smallest absolute Gasteiger partial charge is 0.0468 e. The molecule has 0 amide bonds. The number of rotatable bonds is 7. The highest BCUT2D eigenvalue weighted by atomic mass is 15.1. The van der Waals surface area contributed by atoms with Crippen LogP contribution in [0.25, 0.3) is 76.8 Å². The van der Waals surface area contributed by atoms with Crippen molar-refractivity contribution in [3.8, 4) is 44.5 Å². The van der Waals surface area contributed by atoms with Crippen LogP contribution in [0.4, 0.5) is 17.1 Å². The molecule has 10 rings (SSSR count). The van der Waals surface area contributed by atoms with Crippen LogP contribution in [-0.4, -0.2) is 0 Å². The Morgan fingerprint density at radius 3 is 1.33 bits per heavy atom. The topological polar surface area (TPSA) is 3.24 Å². The maximum atomic E-state index is 2.39. The van der Waals surface area contributed by atoms with Gasteiger partial charge in [-0.25, -0.2) is 0 Å². The Labute approximate surface area is 322 Å². The molecule has 0 aromatic heterocycles. The van der Waals surface area contributed by atoms with Crippen molar-refractivity contribution < 1.29 is 0 Å². The van der Waals surface area contributed by atoms with Gasteiger partial charge in [-0.2, -0.15) is 0 Å². The van der Waals surface area contributed by atoms with E-state index < -0.39 is 0 Å². The summed E-state index contributed by atoms with van der Waals surface area (Å²) >= 11 is 0. The highest BCUT2D eigenvalue weighted by molar-refractivity contribution is 6.15. The zero-order chi connectivity index (χ0) is 36.6. The van der Waals surface area contributed by atoms with Crippen molar-refractivity contribution in [2.24, 2.45) is 0 Å². The standard InChI is InChI=1S/C54H37N/c1-3-13-38(14-4-1)41-25-29-46(30-26-41)55(47-31-27-42(28-32-47)39-15-5-2-6-16-39)48-33-34-52(53(37-48)45-24-23-40-17-7-8-18-43(40)35-45)54-36-44-19-9-10-20-49(44)50-21-11-12-22-51(50)54/h1-37H. The van der Waals surface area contributed by atoms with Gasteiger partial charge in [0.15, 0.2) is 0 Å². The molecule has 1 nitrogen and oxygen atoms in total. The van der Waals surface area contributed by atoms with E-state index in [0.29, 0.717) is 0 Å². The normalized spacial score (nSPS) is 11.3. The van der Waals surface area contributed by atoms with Crippen molar-refractivity contribution in [2.75, 3.05) is 4.90 Å². The van der Waals surface area contributed by atoms with E-state index in [2.05, 4.69) is 229 Å². The maximum Gasteiger partial charge on any atom is 0.0468 e. The molecule has 0 aliphatic rings. The van der Waals surface area contributed by atoms with E-state index in [9.17, 15) is 0 Å². The maximum absolute atomic E-state index is 2.39. The van der Waals surface area contributed by atoms with Crippen LogP contribution >= 0.6 is 0 Å². The van der Waals surface area contributed by atoms with Gasteiger partial charge in [0.25, 0.3) is 0 Å². The van der Waals surface area contributed by atoms with Crippen molar-refractivity contribution >= 4 is 49.4 Å². The molecule has 10 aromatic carbocycles. The van der Waals surface area contributed by atoms with Gasteiger partial charge < -0.3 is 4.90 Å². The fourth-order valence-corrected chi connectivity index (χ4v) is 8.09. The number of fused-ring (bicyclic) bond motifs is 4. The molecule has 0 aliphatic carbocycles. The molecule has 10 aromatic rings. The summed E-state index contributed by atoms with van der Waals surface area (Å²) in [5.74, 6) is 0. The van der Waals surface area contributed by atoms with Crippen molar-refractivity contribution in [3.63, 3.8) is 0 Å². The first-order chi connectivity index (χ1) is 27.3. The summed E-state index contributed by atoms with van der Waals surface area (Å²) in [6, 6.07) is 81.6. The number of anilines is 3. The molecule has 0 radical (unpaired) electrons. The minimum atomic E-state index is 1.09. The van der Waals surface area contributed by atoms with Gasteiger partial charge in [-0.15, -0.1) is 0 Å². The van der Waals surface area contributed by atoms with E-state index in [0.717, 1.165) is 17.1 Å². The molecule has 0 spiro atoms. The van der Waals surface area contributed by atoms with Crippen molar-refractivity contribution in [3.05, 3.63) is 224 Å².